The van der Waals surface area contributed by atoms with E-state index in [1.807, 2.05) is 12.2 Å². The van der Waals surface area contributed by atoms with Gasteiger partial charge < -0.3 is 5.32 Å². The molecule has 16 heavy (non-hydrogen) atoms. The van der Waals surface area contributed by atoms with Crippen molar-refractivity contribution in [3.8, 4) is 0 Å². The van der Waals surface area contributed by atoms with Crippen LogP contribution in [0.2, 0.25) is 0 Å². The van der Waals surface area contributed by atoms with Crippen molar-refractivity contribution >= 4 is 17.8 Å². The lowest BCUT2D eigenvalue weighted by molar-refractivity contribution is 1.03. The zero-order valence-electron chi connectivity index (χ0n) is 9.72. The predicted octanol–water partition coefficient (Wildman–Crippen LogP) is 1.98. The molecule has 0 fully saturated rings. The summed E-state index contributed by atoms with van der Waals surface area (Å²) in [5.74, 6) is 0. The molecule has 0 radical (unpaired) electrons. The fraction of sp³-hybridized carbons (Fsp3) is 0.200. The van der Waals surface area contributed by atoms with Gasteiger partial charge in [0.1, 0.15) is 0 Å². The van der Waals surface area contributed by atoms with Gasteiger partial charge in [-0.25, -0.2) is 0 Å². The van der Waals surface area contributed by atoms with Gasteiger partial charge >= 0.3 is 0 Å². The van der Waals surface area contributed by atoms with Gasteiger partial charge in [0.25, 0.3) is 0 Å². The highest BCUT2D eigenvalue weighted by Crippen LogP contribution is 2.20. The van der Waals surface area contributed by atoms with Gasteiger partial charge in [0, 0.05) is 12.2 Å². The fourth-order valence-electron chi connectivity index (χ4n) is 2.06. The minimum Gasteiger partial charge on any atom is -0.381 e. The summed E-state index contributed by atoms with van der Waals surface area (Å²) in [6.45, 7) is 10.7. The van der Waals surface area contributed by atoms with Gasteiger partial charge in [0.05, 0.1) is 0 Å². The highest BCUT2D eigenvalue weighted by atomic mass is 14.9. The summed E-state index contributed by atoms with van der Waals surface area (Å²) in [7, 11) is 0. The molecule has 0 unspecified atom stereocenters. The average molecular weight is 211 g/mol. The van der Waals surface area contributed by atoms with Crippen molar-refractivity contribution in [1.82, 2.24) is 0 Å². The standard InChI is InChI=1S/C15H17N/c1-4-6-13-8-14-7-11(3)10-16-15(14)9-12(13)5-2/h4-6,8-9,16H,1,3,7,10H2,2H3/b12-5-,13-6-. The van der Waals surface area contributed by atoms with Crippen LogP contribution in [0, 0.1) is 0 Å². The summed E-state index contributed by atoms with van der Waals surface area (Å²) in [6.07, 6.45) is 6.98. The lowest BCUT2D eigenvalue weighted by Crippen LogP contribution is -2.28. The molecule has 0 aromatic heterocycles. The van der Waals surface area contributed by atoms with E-state index in [-0.39, 0.29) is 0 Å². The van der Waals surface area contributed by atoms with Gasteiger partial charge in [0.2, 0.25) is 0 Å². The van der Waals surface area contributed by atoms with Crippen molar-refractivity contribution in [3.63, 3.8) is 0 Å². The van der Waals surface area contributed by atoms with Crippen LogP contribution in [0.1, 0.15) is 12.5 Å². The van der Waals surface area contributed by atoms with Gasteiger partial charge in [-0.3, -0.25) is 0 Å². The Labute approximate surface area is 96.5 Å². The largest absolute Gasteiger partial charge is 0.381 e. The monoisotopic (exact) mass is 211 g/mol. The zero-order valence-corrected chi connectivity index (χ0v) is 9.72. The van der Waals surface area contributed by atoms with Crippen molar-refractivity contribution < 1.29 is 0 Å². The molecule has 1 nitrogen and oxygen atoms in total. The Morgan fingerprint density at radius 2 is 2.12 bits per heavy atom. The molecule has 1 aliphatic heterocycles. The molecule has 1 aromatic carbocycles. The number of anilines is 1. The van der Waals surface area contributed by atoms with Crippen molar-refractivity contribution in [1.29, 1.82) is 0 Å². The number of rotatable bonds is 1. The quantitative estimate of drug-likeness (QED) is 0.700. The maximum atomic E-state index is 4.03. The molecule has 1 heteroatoms. The molecule has 0 spiro atoms. The van der Waals surface area contributed by atoms with Crippen LogP contribution in [-0.2, 0) is 6.42 Å². The van der Waals surface area contributed by atoms with E-state index in [2.05, 4.69) is 43.6 Å². The number of hydrogen-bond acceptors (Lipinski definition) is 1. The summed E-state index contributed by atoms with van der Waals surface area (Å²) < 4.78 is 0. The first-order chi connectivity index (χ1) is 7.74. The Morgan fingerprint density at radius 3 is 2.81 bits per heavy atom. The maximum Gasteiger partial charge on any atom is 0.0384 e. The van der Waals surface area contributed by atoms with E-state index in [0.717, 1.165) is 13.0 Å². The SMILES string of the molecule is C=C/C=c1/cc2c(c/c1=C/C)NCC(=C)C2. The first-order valence-electron chi connectivity index (χ1n) is 5.57. The first-order valence-corrected chi connectivity index (χ1v) is 5.57. The Balaban J connectivity index is 2.67. The van der Waals surface area contributed by atoms with Crippen molar-refractivity contribution in [2.24, 2.45) is 0 Å². The molecule has 0 aliphatic carbocycles. The third-order valence-electron chi connectivity index (χ3n) is 2.89. The molecule has 82 valence electrons. The minimum atomic E-state index is 0.890. The molecule has 0 saturated carbocycles. The van der Waals surface area contributed by atoms with E-state index in [0.29, 0.717) is 0 Å². The van der Waals surface area contributed by atoms with Gasteiger partial charge in [-0.15, -0.1) is 0 Å². The van der Waals surface area contributed by atoms with Crippen LogP contribution in [0.3, 0.4) is 0 Å². The number of fused-ring (bicyclic) bond motifs is 1. The van der Waals surface area contributed by atoms with E-state index in [9.17, 15) is 0 Å². The molecule has 1 heterocycles. The average Bonchev–Trinajstić information content (AvgIpc) is 2.28. The van der Waals surface area contributed by atoms with Crippen molar-refractivity contribution in [2.75, 3.05) is 11.9 Å². The molecule has 0 saturated heterocycles. The third-order valence-corrected chi connectivity index (χ3v) is 2.89. The van der Waals surface area contributed by atoms with Gasteiger partial charge in [-0.1, -0.05) is 37.0 Å². The summed E-state index contributed by atoms with van der Waals surface area (Å²) in [4.78, 5) is 0. The van der Waals surface area contributed by atoms with Crippen LogP contribution in [0.5, 0.6) is 0 Å². The van der Waals surface area contributed by atoms with E-state index in [1.54, 1.807) is 0 Å². The predicted molar refractivity (Wildman–Crippen MR) is 71.8 cm³/mol. The summed E-state index contributed by atoms with van der Waals surface area (Å²) in [6, 6.07) is 4.43. The van der Waals surface area contributed by atoms with Crippen LogP contribution in [-0.4, -0.2) is 6.54 Å². The molecular weight excluding hydrogens is 194 g/mol. The molecule has 1 aliphatic rings. The molecule has 0 amide bonds. The van der Waals surface area contributed by atoms with Crippen LogP contribution < -0.4 is 15.8 Å². The molecule has 1 aromatic rings. The second-order valence-corrected chi connectivity index (χ2v) is 4.11. The van der Waals surface area contributed by atoms with E-state index in [1.165, 1.54) is 27.3 Å². The topological polar surface area (TPSA) is 12.0 Å². The Morgan fingerprint density at radius 1 is 1.31 bits per heavy atom. The molecule has 0 bridgehead atoms. The first kappa shape index (κ1) is 10.7. The van der Waals surface area contributed by atoms with Crippen molar-refractivity contribution in [2.45, 2.75) is 13.3 Å². The second kappa shape index (κ2) is 4.40. The smallest absolute Gasteiger partial charge is 0.0384 e. The van der Waals surface area contributed by atoms with E-state index in [4.69, 9.17) is 0 Å². The highest BCUT2D eigenvalue weighted by molar-refractivity contribution is 5.58. The minimum absolute atomic E-state index is 0.890. The number of allylic oxidation sites excluding steroid dienone is 1. The normalized spacial score (nSPS) is 16.9. The fourth-order valence-corrected chi connectivity index (χ4v) is 2.06. The Kier molecular flexibility index (Phi) is 2.95. The van der Waals surface area contributed by atoms with Gasteiger partial charge in [-0.05, 0) is 41.5 Å². The number of benzene rings is 1. The second-order valence-electron chi connectivity index (χ2n) is 4.11. The van der Waals surface area contributed by atoms with Gasteiger partial charge in [0.15, 0.2) is 0 Å². The Bertz CT molecular complexity index is 550. The lowest BCUT2D eigenvalue weighted by Gasteiger charge is -2.20. The van der Waals surface area contributed by atoms with Crippen LogP contribution in [0.25, 0.3) is 12.2 Å². The Hall–Kier alpha value is -1.76. The van der Waals surface area contributed by atoms with Crippen molar-refractivity contribution in [3.05, 3.63) is 52.9 Å². The molecule has 1 N–H and O–H groups in total. The lowest BCUT2D eigenvalue weighted by atomic mass is 9.98. The molecular formula is C15H17N. The van der Waals surface area contributed by atoms with Crippen LogP contribution >= 0.6 is 0 Å². The van der Waals surface area contributed by atoms with Gasteiger partial charge in [-0.2, -0.15) is 0 Å². The summed E-state index contributed by atoms with van der Waals surface area (Å²) >= 11 is 0. The van der Waals surface area contributed by atoms with Crippen LogP contribution in [0.15, 0.2) is 36.9 Å². The van der Waals surface area contributed by atoms with Crippen LogP contribution in [0.4, 0.5) is 5.69 Å². The number of hydrogen-bond donors (Lipinski definition) is 1. The number of nitrogens with one attached hydrogen (secondary N) is 1. The molecule has 0 atom stereocenters. The maximum absolute atomic E-state index is 4.03. The zero-order chi connectivity index (χ0) is 11.5. The highest BCUT2D eigenvalue weighted by Gasteiger charge is 2.10. The summed E-state index contributed by atoms with van der Waals surface area (Å²) in [5, 5.41) is 5.88. The van der Waals surface area contributed by atoms with E-state index >= 15 is 0 Å². The van der Waals surface area contributed by atoms with E-state index < -0.39 is 0 Å². The molecule has 2 rings (SSSR count). The third kappa shape index (κ3) is 1.94. The summed E-state index contributed by atoms with van der Waals surface area (Å²) in [5.41, 5.74) is 3.81.